The number of rotatable bonds is 7. The van der Waals surface area contributed by atoms with Crippen molar-refractivity contribution in [2.45, 2.75) is 50.7 Å². The second-order valence-electron chi connectivity index (χ2n) is 6.06. The highest BCUT2D eigenvalue weighted by Gasteiger charge is 2.41. The number of nitrogens with one attached hydrogen (secondary N) is 1. The van der Waals surface area contributed by atoms with Gasteiger partial charge in [0, 0.05) is 26.7 Å². The molecule has 1 N–H and O–H groups in total. The summed E-state index contributed by atoms with van der Waals surface area (Å²) in [7, 11) is 5.34. The number of ether oxygens (including phenoxy) is 2. The molecule has 0 spiro atoms. The van der Waals surface area contributed by atoms with Gasteiger partial charge in [-0.3, -0.25) is 0 Å². The largest absolute Gasteiger partial charge is 0.383 e. The lowest BCUT2D eigenvalue weighted by molar-refractivity contribution is -0.0658. The van der Waals surface area contributed by atoms with Crippen LogP contribution in [0.15, 0.2) is 4.52 Å². The fourth-order valence-electron chi connectivity index (χ4n) is 3.16. The average Bonchev–Trinajstić information content (AvgIpc) is 2.95. The molecule has 1 fully saturated rings. The Morgan fingerprint density at radius 1 is 1.48 bits per heavy atom. The van der Waals surface area contributed by atoms with Gasteiger partial charge in [0.05, 0.1) is 6.61 Å². The third-order valence-electron chi connectivity index (χ3n) is 4.42. The molecule has 1 aliphatic carbocycles. The SMILES string of the molecule is CNC(COC)Cc1nc(C2(OC)CCCC(C)C2)no1. The molecule has 1 aliphatic rings. The summed E-state index contributed by atoms with van der Waals surface area (Å²) in [5.74, 6) is 1.95. The predicted molar refractivity (Wildman–Crippen MR) is 79.0 cm³/mol. The quantitative estimate of drug-likeness (QED) is 0.829. The Morgan fingerprint density at radius 2 is 2.29 bits per heavy atom. The van der Waals surface area contributed by atoms with E-state index in [1.807, 2.05) is 7.05 Å². The number of hydrogen-bond acceptors (Lipinski definition) is 6. The maximum absolute atomic E-state index is 5.80. The lowest BCUT2D eigenvalue weighted by Gasteiger charge is -2.36. The number of hydrogen-bond donors (Lipinski definition) is 1. The molecule has 3 atom stereocenters. The Bertz CT molecular complexity index is 438. The van der Waals surface area contributed by atoms with Gasteiger partial charge in [0.2, 0.25) is 11.7 Å². The highest BCUT2D eigenvalue weighted by atomic mass is 16.5. The van der Waals surface area contributed by atoms with Crippen molar-refractivity contribution in [2.75, 3.05) is 27.9 Å². The van der Waals surface area contributed by atoms with Gasteiger partial charge in [-0.25, -0.2) is 0 Å². The normalized spacial score (nSPS) is 27.7. The zero-order valence-corrected chi connectivity index (χ0v) is 13.5. The Morgan fingerprint density at radius 3 is 2.90 bits per heavy atom. The van der Waals surface area contributed by atoms with Crippen LogP contribution in [-0.4, -0.2) is 44.1 Å². The minimum Gasteiger partial charge on any atom is -0.383 e. The van der Waals surface area contributed by atoms with E-state index in [0.29, 0.717) is 30.7 Å². The zero-order chi connectivity index (χ0) is 15.3. The second-order valence-corrected chi connectivity index (χ2v) is 6.06. The molecule has 21 heavy (non-hydrogen) atoms. The van der Waals surface area contributed by atoms with E-state index in [9.17, 15) is 0 Å². The molecule has 2 rings (SSSR count). The molecule has 120 valence electrons. The van der Waals surface area contributed by atoms with Gasteiger partial charge in [-0.2, -0.15) is 4.98 Å². The van der Waals surface area contributed by atoms with E-state index in [4.69, 9.17) is 14.0 Å². The monoisotopic (exact) mass is 297 g/mol. The van der Waals surface area contributed by atoms with Crippen LogP contribution >= 0.6 is 0 Å². The van der Waals surface area contributed by atoms with Crippen molar-refractivity contribution in [3.63, 3.8) is 0 Å². The van der Waals surface area contributed by atoms with Gasteiger partial charge in [-0.1, -0.05) is 18.5 Å². The molecule has 0 bridgehead atoms. The molecule has 3 unspecified atom stereocenters. The molecular weight excluding hydrogens is 270 g/mol. The topological polar surface area (TPSA) is 69.4 Å². The Labute approximate surface area is 126 Å². The summed E-state index contributed by atoms with van der Waals surface area (Å²) in [5, 5.41) is 7.37. The van der Waals surface area contributed by atoms with E-state index >= 15 is 0 Å². The average molecular weight is 297 g/mol. The first kappa shape index (κ1) is 16.4. The zero-order valence-electron chi connectivity index (χ0n) is 13.5. The minimum atomic E-state index is -0.379. The summed E-state index contributed by atoms with van der Waals surface area (Å²) < 4.78 is 16.4. The fraction of sp³-hybridized carbons (Fsp3) is 0.867. The molecule has 1 aromatic rings. The van der Waals surface area contributed by atoms with E-state index in [1.54, 1.807) is 14.2 Å². The van der Waals surface area contributed by atoms with Crippen LogP contribution in [0, 0.1) is 5.92 Å². The van der Waals surface area contributed by atoms with Crippen LogP contribution in [0.3, 0.4) is 0 Å². The van der Waals surface area contributed by atoms with E-state index in [0.717, 1.165) is 19.3 Å². The molecular formula is C15H27N3O3. The first-order valence-electron chi connectivity index (χ1n) is 7.68. The summed E-state index contributed by atoms with van der Waals surface area (Å²) in [5.41, 5.74) is -0.379. The van der Waals surface area contributed by atoms with Crippen LogP contribution in [-0.2, 0) is 21.5 Å². The lowest BCUT2D eigenvalue weighted by Crippen LogP contribution is -2.35. The predicted octanol–water partition coefficient (Wildman–Crippen LogP) is 1.90. The van der Waals surface area contributed by atoms with Crippen molar-refractivity contribution >= 4 is 0 Å². The van der Waals surface area contributed by atoms with Crippen LogP contribution in [0.1, 0.15) is 44.3 Å². The van der Waals surface area contributed by atoms with Crippen molar-refractivity contribution in [1.82, 2.24) is 15.5 Å². The van der Waals surface area contributed by atoms with Crippen molar-refractivity contribution in [3.8, 4) is 0 Å². The minimum absolute atomic E-state index is 0.173. The molecule has 6 heteroatoms. The molecule has 1 aromatic heterocycles. The highest BCUT2D eigenvalue weighted by molar-refractivity contribution is 5.04. The van der Waals surface area contributed by atoms with Gasteiger partial charge < -0.3 is 19.3 Å². The van der Waals surface area contributed by atoms with Crippen LogP contribution in [0.25, 0.3) is 0 Å². The van der Waals surface area contributed by atoms with Crippen LogP contribution in [0.4, 0.5) is 0 Å². The highest BCUT2D eigenvalue weighted by Crippen LogP contribution is 2.41. The van der Waals surface area contributed by atoms with Crippen molar-refractivity contribution in [2.24, 2.45) is 5.92 Å². The summed E-state index contributed by atoms with van der Waals surface area (Å²) in [6.45, 7) is 2.87. The molecule has 0 amide bonds. The van der Waals surface area contributed by atoms with Gasteiger partial charge in [-0.15, -0.1) is 0 Å². The molecule has 1 saturated carbocycles. The summed E-state index contributed by atoms with van der Waals surface area (Å²) in [6.07, 6.45) is 4.95. The Balaban J connectivity index is 2.10. The Hall–Kier alpha value is -0.980. The van der Waals surface area contributed by atoms with Crippen molar-refractivity contribution in [1.29, 1.82) is 0 Å². The van der Waals surface area contributed by atoms with Gasteiger partial charge in [0.25, 0.3) is 0 Å². The number of methoxy groups -OCH3 is 2. The standard InChI is InChI=1S/C15H27N3O3/c1-11-6-5-7-15(9-11,20-4)14-17-13(21-18-14)8-12(16-2)10-19-3/h11-12,16H,5-10H2,1-4H3. The van der Waals surface area contributed by atoms with Crippen LogP contribution < -0.4 is 5.32 Å². The van der Waals surface area contributed by atoms with Crippen molar-refractivity contribution < 1.29 is 14.0 Å². The first-order valence-corrected chi connectivity index (χ1v) is 7.68. The molecule has 1 heterocycles. The van der Waals surface area contributed by atoms with E-state index < -0.39 is 0 Å². The number of nitrogens with zero attached hydrogens (tertiary/aromatic N) is 2. The first-order chi connectivity index (χ1) is 10.1. The smallest absolute Gasteiger partial charge is 0.228 e. The van der Waals surface area contributed by atoms with Gasteiger partial charge in [0.15, 0.2) is 0 Å². The van der Waals surface area contributed by atoms with Gasteiger partial charge in [-0.05, 0) is 32.2 Å². The number of aromatic nitrogens is 2. The van der Waals surface area contributed by atoms with Gasteiger partial charge >= 0.3 is 0 Å². The van der Waals surface area contributed by atoms with Crippen molar-refractivity contribution in [3.05, 3.63) is 11.7 Å². The maximum atomic E-state index is 5.80. The molecule has 0 aromatic carbocycles. The third kappa shape index (κ3) is 3.81. The maximum Gasteiger partial charge on any atom is 0.228 e. The Kier molecular flexibility index (Phi) is 5.72. The summed E-state index contributed by atoms with van der Waals surface area (Å²) in [4.78, 5) is 4.58. The summed E-state index contributed by atoms with van der Waals surface area (Å²) in [6, 6.07) is 0.173. The fourth-order valence-corrected chi connectivity index (χ4v) is 3.16. The van der Waals surface area contributed by atoms with E-state index in [2.05, 4.69) is 22.4 Å². The molecule has 6 nitrogen and oxygen atoms in total. The van der Waals surface area contributed by atoms with Crippen LogP contribution in [0.5, 0.6) is 0 Å². The van der Waals surface area contributed by atoms with E-state index in [-0.39, 0.29) is 11.6 Å². The summed E-state index contributed by atoms with van der Waals surface area (Å²) >= 11 is 0. The molecule has 0 aliphatic heterocycles. The third-order valence-corrected chi connectivity index (χ3v) is 4.42. The van der Waals surface area contributed by atoms with Gasteiger partial charge in [0.1, 0.15) is 5.60 Å². The number of likely N-dealkylation sites (N-methyl/N-ethyl adjacent to an activating group) is 1. The van der Waals surface area contributed by atoms with Crippen LogP contribution in [0.2, 0.25) is 0 Å². The molecule has 0 saturated heterocycles. The van der Waals surface area contributed by atoms with E-state index in [1.165, 1.54) is 6.42 Å². The molecule has 0 radical (unpaired) electrons. The second kappa shape index (κ2) is 7.33. The lowest BCUT2D eigenvalue weighted by atomic mass is 9.78.